The van der Waals surface area contributed by atoms with Crippen molar-refractivity contribution in [2.45, 2.75) is 32.7 Å². The molecule has 2 N–H and O–H groups in total. The van der Waals surface area contributed by atoms with E-state index in [9.17, 15) is 9.70 Å². The molecule has 0 spiro atoms. The highest BCUT2D eigenvalue weighted by molar-refractivity contribution is 6.30. The first-order valence-corrected chi connectivity index (χ1v) is 8.94. The van der Waals surface area contributed by atoms with Crippen LogP contribution in [-0.2, 0) is 4.79 Å². The topological polar surface area (TPSA) is 78.8 Å². The van der Waals surface area contributed by atoms with E-state index >= 15 is 0 Å². The van der Waals surface area contributed by atoms with E-state index in [1.807, 2.05) is 62.4 Å². The molecule has 0 radical (unpaired) electrons. The standard InChI is InChI=1S/C20H23ClN2O3/c1-13(2)11-17(20(24)23-26)12-19(22-25)16-5-3-14(4-6-16)15-7-9-18(21)10-8-15/h3-10,13,17,19,26H,11-12H2,1-2H3,(H,23,24). The van der Waals surface area contributed by atoms with Crippen LogP contribution >= 0.6 is 11.6 Å². The fourth-order valence-electron chi connectivity index (χ4n) is 3.02. The summed E-state index contributed by atoms with van der Waals surface area (Å²) in [7, 11) is 0. The number of halogens is 1. The predicted octanol–water partition coefficient (Wildman–Crippen LogP) is 5.37. The van der Waals surface area contributed by atoms with Crippen LogP contribution < -0.4 is 5.48 Å². The molecule has 0 fully saturated rings. The van der Waals surface area contributed by atoms with Gasteiger partial charge >= 0.3 is 0 Å². The number of nitroso groups, excluding NO2 is 1. The molecule has 2 rings (SSSR count). The predicted molar refractivity (Wildman–Crippen MR) is 103 cm³/mol. The number of hydroxylamine groups is 1. The highest BCUT2D eigenvalue weighted by atomic mass is 35.5. The quantitative estimate of drug-likeness (QED) is 0.370. The molecular weight excluding hydrogens is 352 g/mol. The molecule has 0 heterocycles. The number of carbonyl (C=O) groups excluding carboxylic acids is 1. The van der Waals surface area contributed by atoms with Crippen LogP contribution in [0, 0.1) is 16.7 Å². The van der Waals surface area contributed by atoms with Gasteiger partial charge in [-0.25, -0.2) is 5.48 Å². The summed E-state index contributed by atoms with van der Waals surface area (Å²) in [4.78, 5) is 23.3. The maximum absolute atomic E-state index is 11.9. The number of amides is 1. The van der Waals surface area contributed by atoms with Gasteiger partial charge in [0.25, 0.3) is 0 Å². The van der Waals surface area contributed by atoms with Crippen LogP contribution in [0.4, 0.5) is 0 Å². The molecule has 6 heteroatoms. The van der Waals surface area contributed by atoms with Crippen molar-refractivity contribution in [3.8, 4) is 11.1 Å². The molecule has 2 aromatic carbocycles. The van der Waals surface area contributed by atoms with Crippen molar-refractivity contribution in [2.75, 3.05) is 0 Å². The lowest BCUT2D eigenvalue weighted by molar-refractivity contribution is -0.134. The van der Waals surface area contributed by atoms with Gasteiger partial charge in [-0.1, -0.05) is 67.0 Å². The molecule has 0 bridgehead atoms. The highest BCUT2D eigenvalue weighted by Crippen LogP contribution is 2.30. The summed E-state index contributed by atoms with van der Waals surface area (Å²) in [5, 5.41) is 12.8. The van der Waals surface area contributed by atoms with E-state index in [4.69, 9.17) is 16.8 Å². The van der Waals surface area contributed by atoms with Gasteiger partial charge in [0, 0.05) is 10.9 Å². The van der Waals surface area contributed by atoms with E-state index in [2.05, 4.69) is 5.18 Å². The van der Waals surface area contributed by atoms with Crippen molar-refractivity contribution in [1.29, 1.82) is 0 Å². The molecule has 2 atom stereocenters. The highest BCUT2D eigenvalue weighted by Gasteiger charge is 2.25. The average Bonchev–Trinajstić information content (AvgIpc) is 2.65. The molecule has 2 unspecified atom stereocenters. The Morgan fingerprint density at radius 1 is 1.04 bits per heavy atom. The number of nitrogens with one attached hydrogen (secondary N) is 1. The lowest BCUT2D eigenvalue weighted by Gasteiger charge is -2.20. The molecule has 0 aliphatic carbocycles. The zero-order chi connectivity index (χ0) is 19.1. The molecule has 26 heavy (non-hydrogen) atoms. The zero-order valence-electron chi connectivity index (χ0n) is 14.9. The SMILES string of the molecule is CC(C)CC(CC(N=O)c1ccc(-c2ccc(Cl)cc2)cc1)C(=O)NO. The van der Waals surface area contributed by atoms with E-state index in [-0.39, 0.29) is 12.3 Å². The van der Waals surface area contributed by atoms with Crippen LogP contribution in [0.3, 0.4) is 0 Å². The van der Waals surface area contributed by atoms with E-state index in [1.165, 1.54) is 0 Å². The second-order valence-corrected chi connectivity index (χ2v) is 7.22. The second-order valence-electron chi connectivity index (χ2n) is 6.79. The summed E-state index contributed by atoms with van der Waals surface area (Å²) < 4.78 is 0. The Morgan fingerprint density at radius 2 is 1.58 bits per heavy atom. The Kier molecular flexibility index (Phi) is 7.30. The van der Waals surface area contributed by atoms with Gasteiger partial charge in [-0.3, -0.25) is 10.0 Å². The van der Waals surface area contributed by atoms with Crippen LogP contribution in [0.5, 0.6) is 0 Å². The van der Waals surface area contributed by atoms with Gasteiger partial charge in [-0.15, -0.1) is 0 Å². The number of nitrogens with zero attached hydrogens (tertiary/aromatic N) is 1. The zero-order valence-corrected chi connectivity index (χ0v) is 15.6. The molecule has 138 valence electrons. The van der Waals surface area contributed by atoms with Gasteiger partial charge in [0.05, 0.1) is 0 Å². The molecule has 0 saturated heterocycles. The van der Waals surface area contributed by atoms with E-state index in [0.29, 0.717) is 11.4 Å². The van der Waals surface area contributed by atoms with Crippen molar-refractivity contribution in [1.82, 2.24) is 5.48 Å². The van der Waals surface area contributed by atoms with Gasteiger partial charge in [0.1, 0.15) is 6.04 Å². The third-order valence-corrected chi connectivity index (χ3v) is 4.60. The second kappa shape index (κ2) is 9.46. The first-order valence-electron chi connectivity index (χ1n) is 8.57. The molecule has 2 aromatic rings. The largest absolute Gasteiger partial charge is 0.289 e. The number of carbonyl (C=O) groups is 1. The Morgan fingerprint density at radius 3 is 2.04 bits per heavy atom. The molecule has 0 aliphatic rings. The van der Waals surface area contributed by atoms with Crippen molar-refractivity contribution in [2.24, 2.45) is 17.0 Å². The molecule has 1 amide bonds. The van der Waals surface area contributed by atoms with Crippen LogP contribution in [-0.4, -0.2) is 11.1 Å². The van der Waals surface area contributed by atoms with Gasteiger partial charge in [-0.05, 0) is 47.6 Å². The third-order valence-electron chi connectivity index (χ3n) is 4.34. The Bertz CT molecular complexity index is 730. The van der Waals surface area contributed by atoms with E-state index < -0.39 is 17.9 Å². The minimum absolute atomic E-state index is 0.258. The third kappa shape index (κ3) is 5.38. The number of hydrogen-bond donors (Lipinski definition) is 2. The molecule has 0 aliphatic heterocycles. The molecule has 0 aromatic heterocycles. The average molecular weight is 375 g/mol. The normalized spacial score (nSPS) is 13.3. The summed E-state index contributed by atoms with van der Waals surface area (Å²) in [6.07, 6.45) is 0.829. The monoisotopic (exact) mass is 374 g/mol. The smallest absolute Gasteiger partial charge is 0.246 e. The minimum atomic E-state index is -0.643. The number of hydrogen-bond acceptors (Lipinski definition) is 4. The van der Waals surface area contributed by atoms with Crippen molar-refractivity contribution in [3.05, 3.63) is 64.0 Å². The first-order chi connectivity index (χ1) is 12.4. The summed E-state index contributed by atoms with van der Waals surface area (Å²) >= 11 is 5.91. The van der Waals surface area contributed by atoms with Gasteiger partial charge in [0.2, 0.25) is 5.91 Å². The number of benzene rings is 2. The molecule has 5 nitrogen and oxygen atoms in total. The summed E-state index contributed by atoms with van der Waals surface area (Å²) in [5.74, 6) is -0.694. The first kappa shape index (κ1) is 20.1. The lowest BCUT2D eigenvalue weighted by Crippen LogP contribution is -2.30. The van der Waals surface area contributed by atoms with Gasteiger partial charge in [0.15, 0.2) is 0 Å². The summed E-state index contributed by atoms with van der Waals surface area (Å²) in [6.45, 7) is 3.98. The van der Waals surface area contributed by atoms with Gasteiger partial charge in [-0.2, -0.15) is 4.91 Å². The maximum atomic E-state index is 11.9. The van der Waals surface area contributed by atoms with Gasteiger partial charge < -0.3 is 0 Å². The van der Waals surface area contributed by atoms with E-state index in [1.54, 1.807) is 5.48 Å². The Hall–Kier alpha value is -2.24. The van der Waals surface area contributed by atoms with Crippen LogP contribution in [0.2, 0.25) is 5.02 Å². The summed E-state index contributed by atoms with van der Waals surface area (Å²) in [6, 6.07) is 14.4. The Balaban J connectivity index is 2.17. The fourth-order valence-corrected chi connectivity index (χ4v) is 3.15. The van der Waals surface area contributed by atoms with Crippen LogP contribution in [0.25, 0.3) is 11.1 Å². The van der Waals surface area contributed by atoms with Crippen molar-refractivity contribution >= 4 is 17.5 Å². The minimum Gasteiger partial charge on any atom is -0.289 e. The summed E-state index contributed by atoms with van der Waals surface area (Å²) in [5.41, 5.74) is 4.46. The maximum Gasteiger partial charge on any atom is 0.246 e. The molecular formula is C20H23ClN2O3. The van der Waals surface area contributed by atoms with E-state index in [0.717, 1.165) is 16.7 Å². The Labute approximate surface area is 158 Å². The number of rotatable bonds is 8. The van der Waals surface area contributed by atoms with Crippen molar-refractivity contribution < 1.29 is 10.0 Å². The van der Waals surface area contributed by atoms with Crippen molar-refractivity contribution in [3.63, 3.8) is 0 Å². The van der Waals surface area contributed by atoms with Crippen LogP contribution in [0.15, 0.2) is 53.7 Å². The lowest BCUT2D eigenvalue weighted by atomic mass is 9.88. The van der Waals surface area contributed by atoms with Crippen LogP contribution in [0.1, 0.15) is 38.3 Å². The fraction of sp³-hybridized carbons (Fsp3) is 0.350. The molecule has 0 saturated carbocycles.